The van der Waals surface area contributed by atoms with Crippen LogP contribution >= 0.6 is 0 Å². The van der Waals surface area contributed by atoms with Crippen LogP contribution in [-0.2, 0) is 6.54 Å². The maximum Gasteiger partial charge on any atom is 0.372 e. The predicted molar refractivity (Wildman–Crippen MR) is 68.5 cm³/mol. The number of hydrogen-bond donors (Lipinski definition) is 2. The number of hydrogen-bond acceptors (Lipinski definition) is 3. The highest BCUT2D eigenvalue weighted by Gasteiger charge is 2.24. The van der Waals surface area contributed by atoms with E-state index in [4.69, 9.17) is 9.52 Å². The van der Waals surface area contributed by atoms with Crippen LogP contribution in [0.1, 0.15) is 49.2 Å². The second-order valence-corrected chi connectivity index (χ2v) is 5.43. The topological polar surface area (TPSA) is 62.5 Å². The molecule has 1 fully saturated rings. The second-order valence-electron chi connectivity index (χ2n) is 5.43. The molecule has 0 amide bonds. The predicted octanol–water partition coefficient (Wildman–Crippen LogP) is 2.89. The van der Waals surface area contributed by atoms with Gasteiger partial charge in [-0.3, -0.25) is 0 Å². The Bertz CT molecular complexity index is 413. The molecule has 0 aromatic carbocycles. The Kier molecular flexibility index (Phi) is 4.07. The molecule has 1 aliphatic carbocycles. The quantitative estimate of drug-likeness (QED) is 0.863. The van der Waals surface area contributed by atoms with Gasteiger partial charge in [-0.25, -0.2) is 4.79 Å². The number of carboxylic acid groups (broad SMARTS) is 1. The summed E-state index contributed by atoms with van der Waals surface area (Å²) in [5.74, 6) is 0.591. The van der Waals surface area contributed by atoms with Crippen molar-refractivity contribution in [3.05, 3.63) is 23.7 Å². The minimum absolute atomic E-state index is 0.0553. The highest BCUT2D eigenvalue weighted by Crippen LogP contribution is 2.29. The van der Waals surface area contributed by atoms with Gasteiger partial charge in [0.25, 0.3) is 0 Å². The van der Waals surface area contributed by atoms with Gasteiger partial charge in [0.15, 0.2) is 0 Å². The first-order valence-electron chi connectivity index (χ1n) is 6.61. The Balaban J connectivity index is 1.88. The highest BCUT2D eigenvalue weighted by atomic mass is 16.4. The first-order chi connectivity index (χ1) is 8.58. The lowest BCUT2D eigenvalue weighted by Gasteiger charge is -2.32. The van der Waals surface area contributed by atoms with Crippen LogP contribution < -0.4 is 5.32 Å². The number of aromatic carboxylic acids is 1. The normalized spacial score (nSPS) is 28.2. The van der Waals surface area contributed by atoms with E-state index in [-0.39, 0.29) is 5.76 Å². The van der Waals surface area contributed by atoms with Crippen molar-refractivity contribution in [3.8, 4) is 0 Å². The molecule has 0 spiro atoms. The van der Waals surface area contributed by atoms with Crippen LogP contribution in [0.2, 0.25) is 0 Å². The zero-order valence-electron chi connectivity index (χ0n) is 11.0. The summed E-state index contributed by atoms with van der Waals surface area (Å²) in [5, 5.41) is 12.4. The van der Waals surface area contributed by atoms with E-state index in [1.807, 2.05) is 0 Å². The minimum atomic E-state index is -0.998. The molecule has 100 valence electrons. The Morgan fingerprint density at radius 1 is 1.44 bits per heavy atom. The first-order valence-corrected chi connectivity index (χ1v) is 6.61. The van der Waals surface area contributed by atoms with Crippen LogP contribution in [0.15, 0.2) is 16.7 Å². The standard InChI is InChI=1S/C14H21NO3/c1-9-3-4-12(7-10(9)2)15-8-11-5-6-18-13(11)14(16)17/h5-6,9-10,12,15H,3-4,7-8H2,1-2H3,(H,16,17). The maximum atomic E-state index is 10.9. The number of nitrogens with one attached hydrogen (secondary N) is 1. The lowest BCUT2D eigenvalue weighted by Crippen LogP contribution is -2.35. The van der Waals surface area contributed by atoms with Crippen molar-refractivity contribution in [3.63, 3.8) is 0 Å². The van der Waals surface area contributed by atoms with E-state index in [1.165, 1.54) is 25.5 Å². The average Bonchev–Trinajstić information content (AvgIpc) is 2.79. The van der Waals surface area contributed by atoms with Gasteiger partial charge in [0.1, 0.15) is 0 Å². The van der Waals surface area contributed by atoms with Crippen molar-refractivity contribution < 1.29 is 14.3 Å². The van der Waals surface area contributed by atoms with E-state index >= 15 is 0 Å². The molecule has 3 unspecified atom stereocenters. The summed E-state index contributed by atoms with van der Waals surface area (Å²) in [6.45, 7) is 5.17. The fraction of sp³-hybridized carbons (Fsp3) is 0.643. The van der Waals surface area contributed by atoms with Gasteiger partial charge in [-0.15, -0.1) is 0 Å². The number of carbonyl (C=O) groups is 1. The van der Waals surface area contributed by atoms with Crippen LogP contribution in [-0.4, -0.2) is 17.1 Å². The average molecular weight is 251 g/mol. The molecule has 0 aliphatic heterocycles. The van der Waals surface area contributed by atoms with Gasteiger partial charge in [0, 0.05) is 18.2 Å². The minimum Gasteiger partial charge on any atom is -0.475 e. The van der Waals surface area contributed by atoms with E-state index in [0.717, 1.165) is 17.4 Å². The molecule has 1 heterocycles. The second kappa shape index (κ2) is 5.57. The van der Waals surface area contributed by atoms with Crippen LogP contribution in [0, 0.1) is 11.8 Å². The van der Waals surface area contributed by atoms with E-state index < -0.39 is 5.97 Å². The molecular weight excluding hydrogens is 230 g/mol. The van der Waals surface area contributed by atoms with E-state index in [2.05, 4.69) is 19.2 Å². The molecule has 3 atom stereocenters. The summed E-state index contributed by atoms with van der Waals surface area (Å²) in [6.07, 6.45) is 5.02. The molecule has 4 nitrogen and oxygen atoms in total. The van der Waals surface area contributed by atoms with Crippen molar-refractivity contribution >= 4 is 5.97 Å². The van der Waals surface area contributed by atoms with E-state index in [1.54, 1.807) is 6.07 Å². The molecule has 0 radical (unpaired) electrons. The van der Waals surface area contributed by atoms with Gasteiger partial charge in [-0.05, 0) is 37.2 Å². The van der Waals surface area contributed by atoms with Crippen LogP contribution in [0.4, 0.5) is 0 Å². The van der Waals surface area contributed by atoms with Gasteiger partial charge in [-0.1, -0.05) is 13.8 Å². The maximum absolute atomic E-state index is 10.9. The fourth-order valence-electron chi connectivity index (χ4n) is 2.65. The zero-order chi connectivity index (χ0) is 13.1. The molecule has 1 aliphatic rings. The van der Waals surface area contributed by atoms with Crippen molar-refractivity contribution in [2.45, 2.75) is 45.7 Å². The highest BCUT2D eigenvalue weighted by molar-refractivity contribution is 5.86. The molecule has 0 bridgehead atoms. The Morgan fingerprint density at radius 2 is 2.22 bits per heavy atom. The summed E-state index contributed by atoms with van der Waals surface area (Å²) < 4.78 is 4.96. The van der Waals surface area contributed by atoms with Gasteiger partial charge < -0.3 is 14.8 Å². The van der Waals surface area contributed by atoms with Crippen molar-refractivity contribution in [1.82, 2.24) is 5.32 Å². The van der Waals surface area contributed by atoms with E-state index in [9.17, 15) is 4.79 Å². The summed E-state index contributed by atoms with van der Waals surface area (Å²) in [6, 6.07) is 2.22. The monoisotopic (exact) mass is 251 g/mol. The van der Waals surface area contributed by atoms with Crippen LogP contribution in [0.3, 0.4) is 0 Å². The van der Waals surface area contributed by atoms with Gasteiger partial charge in [0.05, 0.1) is 6.26 Å². The third-order valence-electron chi connectivity index (χ3n) is 4.12. The zero-order valence-corrected chi connectivity index (χ0v) is 11.0. The van der Waals surface area contributed by atoms with Crippen molar-refractivity contribution in [2.24, 2.45) is 11.8 Å². The SMILES string of the molecule is CC1CCC(NCc2ccoc2C(=O)O)CC1C. The van der Waals surface area contributed by atoms with Crippen molar-refractivity contribution in [1.29, 1.82) is 0 Å². The van der Waals surface area contributed by atoms with Crippen molar-refractivity contribution in [2.75, 3.05) is 0 Å². The number of furan rings is 1. The molecule has 2 N–H and O–H groups in total. The molecular formula is C14H21NO3. The molecule has 0 saturated heterocycles. The molecule has 2 rings (SSSR count). The third-order valence-corrected chi connectivity index (χ3v) is 4.12. The molecule has 1 aromatic rings. The van der Waals surface area contributed by atoms with Crippen LogP contribution in [0.5, 0.6) is 0 Å². The lowest BCUT2D eigenvalue weighted by atomic mass is 9.79. The number of rotatable bonds is 4. The Morgan fingerprint density at radius 3 is 2.89 bits per heavy atom. The van der Waals surface area contributed by atoms with E-state index in [0.29, 0.717) is 12.6 Å². The summed E-state index contributed by atoms with van der Waals surface area (Å²) in [4.78, 5) is 10.9. The molecule has 1 aromatic heterocycles. The first kappa shape index (κ1) is 13.1. The lowest BCUT2D eigenvalue weighted by molar-refractivity contribution is 0.0660. The number of carboxylic acids is 1. The van der Waals surface area contributed by atoms with Gasteiger partial charge in [0.2, 0.25) is 5.76 Å². The molecule has 4 heteroatoms. The van der Waals surface area contributed by atoms with Gasteiger partial charge >= 0.3 is 5.97 Å². The Labute approximate surface area is 107 Å². The molecule has 18 heavy (non-hydrogen) atoms. The summed E-state index contributed by atoms with van der Waals surface area (Å²) >= 11 is 0. The summed E-state index contributed by atoms with van der Waals surface area (Å²) in [5.41, 5.74) is 0.730. The smallest absolute Gasteiger partial charge is 0.372 e. The third kappa shape index (κ3) is 2.93. The van der Waals surface area contributed by atoms with Crippen LogP contribution in [0.25, 0.3) is 0 Å². The van der Waals surface area contributed by atoms with Gasteiger partial charge in [-0.2, -0.15) is 0 Å². The fourth-order valence-corrected chi connectivity index (χ4v) is 2.65. The Hall–Kier alpha value is -1.29. The largest absolute Gasteiger partial charge is 0.475 e. The summed E-state index contributed by atoms with van der Waals surface area (Å²) in [7, 11) is 0. The molecule has 1 saturated carbocycles.